The Hall–Kier alpha value is -2.16. The van der Waals surface area contributed by atoms with E-state index in [0.29, 0.717) is 6.07 Å². The number of benzene rings is 1. The molecule has 5 nitrogen and oxygen atoms in total. The van der Waals surface area contributed by atoms with Gasteiger partial charge in [0.25, 0.3) is 11.8 Å². The Balaban J connectivity index is 1.88. The van der Waals surface area contributed by atoms with Crippen molar-refractivity contribution >= 4 is 11.8 Å². The number of likely N-dealkylation sites (tertiary alicyclic amines) is 1. The largest absolute Gasteiger partial charge is 0.350 e. The molecule has 0 bridgehead atoms. The van der Waals surface area contributed by atoms with Crippen LogP contribution in [-0.2, 0) is 4.79 Å². The summed E-state index contributed by atoms with van der Waals surface area (Å²) < 4.78 is 52.7. The van der Waals surface area contributed by atoms with Crippen LogP contribution >= 0.6 is 0 Å². The molecule has 2 amide bonds. The summed E-state index contributed by atoms with van der Waals surface area (Å²) in [4.78, 5) is 25.5. The topological polar surface area (TPSA) is 75.4 Å². The van der Waals surface area contributed by atoms with Crippen molar-refractivity contribution in [1.29, 1.82) is 0 Å². The van der Waals surface area contributed by atoms with Crippen LogP contribution in [0.1, 0.15) is 23.2 Å². The number of carbonyl (C=O) groups is 2. The van der Waals surface area contributed by atoms with Gasteiger partial charge in [-0.15, -0.1) is 0 Å². The molecule has 0 aromatic heterocycles. The molecule has 1 aliphatic heterocycles. The summed E-state index contributed by atoms with van der Waals surface area (Å²) in [6, 6.07) is 2.69. The zero-order valence-electron chi connectivity index (χ0n) is 13.4. The van der Waals surface area contributed by atoms with Gasteiger partial charge in [0, 0.05) is 25.1 Å². The van der Waals surface area contributed by atoms with Crippen molar-refractivity contribution < 1.29 is 27.2 Å². The predicted molar refractivity (Wildman–Crippen MR) is 82.0 cm³/mol. The highest BCUT2D eigenvalue weighted by Crippen LogP contribution is 2.21. The fraction of sp³-hybridized carbons (Fsp3) is 0.500. The third-order valence-corrected chi connectivity index (χ3v) is 4.13. The fourth-order valence-corrected chi connectivity index (χ4v) is 2.61. The SMILES string of the molecule is NCC(F)(F)CNC(=O)C1CCN(C(=O)c2ccc(F)cc2F)CC1. The zero-order chi connectivity index (χ0) is 18.6. The molecule has 1 aromatic carbocycles. The first-order valence-corrected chi connectivity index (χ1v) is 7.83. The monoisotopic (exact) mass is 361 g/mol. The molecule has 1 heterocycles. The minimum atomic E-state index is -3.16. The lowest BCUT2D eigenvalue weighted by molar-refractivity contribution is -0.128. The van der Waals surface area contributed by atoms with Crippen molar-refractivity contribution in [2.75, 3.05) is 26.2 Å². The normalized spacial score (nSPS) is 16.0. The van der Waals surface area contributed by atoms with Crippen LogP contribution in [0.4, 0.5) is 17.6 Å². The minimum absolute atomic E-state index is 0.182. The summed E-state index contributed by atoms with van der Waals surface area (Å²) in [5.41, 5.74) is 4.66. The number of alkyl halides is 2. The summed E-state index contributed by atoms with van der Waals surface area (Å²) in [5, 5.41) is 2.16. The molecule has 25 heavy (non-hydrogen) atoms. The Morgan fingerprint density at radius 3 is 2.44 bits per heavy atom. The first-order chi connectivity index (χ1) is 11.7. The Morgan fingerprint density at radius 1 is 1.24 bits per heavy atom. The number of nitrogens with zero attached hydrogens (tertiary/aromatic N) is 1. The Morgan fingerprint density at radius 2 is 1.88 bits per heavy atom. The zero-order valence-corrected chi connectivity index (χ0v) is 13.4. The lowest BCUT2D eigenvalue weighted by Gasteiger charge is -2.31. The molecule has 0 aliphatic carbocycles. The Bertz CT molecular complexity index is 646. The lowest BCUT2D eigenvalue weighted by Crippen LogP contribution is -2.47. The molecule has 2 rings (SSSR count). The van der Waals surface area contributed by atoms with Crippen LogP contribution in [0.15, 0.2) is 18.2 Å². The smallest absolute Gasteiger partial charge is 0.277 e. The van der Waals surface area contributed by atoms with Crippen molar-refractivity contribution in [2.24, 2.45) is 11.7 Å². The van der Waals surface area contributed by atoms with E-state index in [2.05, 4.69) is 5.32 Å². The van der Waals surface area contributed by atoms with Gasteiger partial charge in [0.1, 0.15) is 11.6 Å². The maximum Gasteiger partial charge on any atom is 0.277 e. The van der Waals surface area contributed by atoms with Gasteiger partial charge in [0.15, 0.2) is 0 Å². The third kappa shape index (κ3) is 4.91. The van der Waals surface area contributed by atoms with Gasteiger partial charge in [0.05, 0.1) is 18.7 Å². The van der Waals surface area contributed by atoms with Crippen LogP contribution < -0.4 is 11.1 Å². The van der Waals surface area contributed by atoms with E-state index < -0.39 is 48.4 Å². The molecular formula is C16H19F4N3O2. The standard InChI is InChI=1S/C16H19F4N3O2/c17-11-1-2-12(13(18)7-11)15(25)23-5-3-10(4-6-23)14(24)22-9-16(19,20)8-21/h1-2,7,10H,3-6,8-9,21H2,(H,22,24). The van der Waals surface area contributed by atoms with Crippen molar-refractivity contribution in [3.05, 3.63) is 35.4 Å². The Labute approximate surface area is 142 Å². The van der Waals surface area contributed by atoms with Gasteiger partial charge in [0.2, 0.25) is 5.91 Å². The number of nitrogens with two attached hydrogens (primary N) is 1. The molecule has 1 aromatic rings. The van der Waals surface area contributed by atoms with Crippen molar-refractivity contribution in [3.8, 4) is 0 Å². The van der Waals surface area contributed by atoms with Crippen molar-refractivity contribution in [2.45, 2.75) is 18.8 Å². The average Bonchev–Trinajstić information content (AvgIpc) is 2.59. The van der Waals surface area contributed by atoms with Gasteiger partial charge in [-0.2, -0.15) is 0 Å². The molecule has 0 spiro atoms. The van der Waals surface area contributed by atoms with Gasteiger partial charge in [-0.05, 0) is 25.0 Å². The van der Waals surface area contributed by atoms with Gasteiger partial charge >= 0.3 is 0 Å². The molecule has 0 saturated carbocycles. The van der Waals surface area contributed by atoms with Gasteiger partial charge in [-0.25, -0.2) is 17.6 Å². The second kappa shape index (κ2) is 7.81. The molecule has 1 aliphatic rings. The maximum atomic E-state index is 13.7. The van der Waals surface area contributed by atoms with E-state index >= 15 is 0 Å². The van der Waals surface area contributed by atoms with E-state index in [0.717, 1.165) is 12.1 Å². The molecule has 9 heteroatoms. The number of amides is 2. The molecule has 1 saturated heterocycles. The highest BCUT2D eigenvalue weighted by Gasteiger charge is 2.32. The molecule has 3 N–H and O–H groups in total. The first kappa shape index (κ1) is 19.2. The highest BCUT2D eigenvalue weighted by atomic mass is 19.3. The van der Waals surface area contributed by atoms with Crippen LogP contribution in [0.5, 0.6) is 0 Å². The first-order valence-electron chi connectivity index (χ1n) is 7.83. The van der Waals surface area contributed by atoms with Gasteiger partial charge in [-0.1, -0.05) is 0 Å². The second-order valence-electron chi connectivity index (χ2n) is 5.97. The van der Waals surface area contributed by atoms with Crippen LogP contribution in [0, 0.1) is 17.6 Å². The molecule has 138 valence electrons. The van der Waals surface area contributed by atoms with Crippen molar-refractivity contribution in [1.82, 2.24) is 10.2 Å². The second-order valence-corrected chi connectivity index (χ2v) is 5.97. The maximum absolute atomic E-state index is 13.7. The summed E-state index contributed by atoms with van der Waals surface area (Å²) >= 11 is 0. The third-order valence-electron chi connectivity index (χ3n) is 4.13. The number of halogens is 4. The average molecular weight is 361 g/mol. The number of carbonyl (C=O) groups excluding carboxylic acids is 2. The predicted octanol–water partition coefficient (Wildman–Crippen LogP) is 1.53. The van der Waals surface area contributed by atoms with E-state index in [9.17, 15) is 27.2 Å². The molecule has 0 radical (unpaired) electrons. The lowest BCUT2D eigenvalue weighted by atomic mass is 9.95. The quantitative estimate of drug-likeness (QED) is 0.781. The molecule has 0 atom stereocenters. The summed E-state index contributed by atoms with van der Waals surface area (Å²) in [7, 11) is 0. The Kier molecular flexibility index (Phi) is 5.99. The van der Waals surface area contributed by atoms with Crippen LogP contribution in [0.2, 0.25) is 0 Å². The van der Waals surface area contributed by atoms with Crippen LogP contribution in [0.3, 0.4) is 0 Å². The molecule has 1 fully saturated rings. The van der Waals surface area contributed by atoms with E-state index in [1.165, 1.54) is 4.90 Å². The number of hydrogen-bond acceptors (Lipinski definition) is 3. The van der Waals surface area contributed by atoms with E-state index in [1.807, 2.05) is 0 Å². The fourth-order valence-electron chi connectivity index (χ4n) is 2.61. The van der Waals surface area contributed by atoms with Crippen LogP contribution in [0.25, 0.3) is 0 Å². The number of rotatable bonds is 5. The van der Waals surface area contributed by atoms with E-state index in [-0.39, 0.29) is 31.5 Å². The highest BCUT2D eigenvalue weighted by molar-refractivity contribution is 5.94. The number of nitrogens with one attached hydrogen (secondary N) is 1. The number of piperidine rings is 1. The molecule has 0 unspecified atom stereocenters. The minimum Gasteiger partial charge on any atom is -0.350 e. The summed E-state index contributed by atoms with van der Waals surface area (Å²) in [6.45, 7) is -1.33. The summed E-state index contributed by atoms with van der Waals surface area (Å²) in [5.74, 6) is -6.51. The van der Waals surface area contributed by atoms with Crippen molar-refractivity contribution in [3.63, 3.8) is 0 Å². The van der Waals surface area contributed by atoms with E-state index in [1.54, 1.807) is 0 Å². The van der Waals surface area contributed by atoms with Gasteiger partial charge < -0.3 is 16.0 Å². The van der Waals surface area contributed by atoms with E-state index in [4.69, 9.17) is 5.73 Å². The molecular weight excluding hydrogens is 342 g/mol. The number of hydrogen-bond donors (Lipinski definition) is 2. The van der Waals surface area contributed by atoms with Gasteiger partial charge in [-0.3, -0.25) is 9.59 Å². The summed E-state index contributed by atoms with van der Waals surface area (Å²) in [6.07, 6.45) is 0.545. The van der Waals surface area contributed by atoms with Crippen LogP contribution in [-0.4, -0.2) is 48.8 Å².